The van der Waals surface area contributed by atoms with Gasteiger partial charge in [0.1, 0.15) is 0 Å². The number of rotatable bonds is 4. The molecular weight excluding hydrogens is 250 g/mol. The van der Waals surface area contributed by atoms with Gasteiger partial charge in [-0.25, -0.2) is 0 Å². The molecule has 0 saturated carbocycles. The van der Waals surface area contributed by atoms with Crippen LogP contribution in [0.1, 0.15) is 42.1 Å². The third kappa shape index (κ3) is 3.51. The van der Waals surface area contributed by atoms with E-state index >= 15 is 0 Å². The average Bonchev–Trinajstić information content (AvgIpc) is 2.44. The SMILES string of the molecule is CCCN1CCC(NC(=O)c2cccc(C)c2N)CC1. The number of nitrogens with two attached hydrogens (primary N) is 1. The number of carbonyl (C=O) groups is 1. The molecule has 0 bridgehead atoms. The molecule has 3 N–H and O–H groups in total. The minimum atomic E-state index is -0.0415. The Morgan fingerprint density at radius 1 is 1.40 bits per heavy atom. The number of para-hydroxylation sites is 1. The summed E-state index contributed by atoms with van der Waals surface area (Å²) < 4.78 is 0. The Morgan fingerprint density at radius 3 is 2.75 bits per heavy atom. The van der Waals surface area contributed by atoms with Crippen LogP contribution in [0.25, 0.3) is 0 Å². The Kier molecular flexibility index (Phi) is 5.01. The Balaban J connectivity index is 1.91. The van der Waals surface area contributed by atoms with Gasteiger partial charge in [-0.15, -0.1) is 0 Å². The van der Waals surface area contributed by atoms with E-state index in [0.29, 0.717) is 11.3 Å². The summed E-state index contributed by atoms with van der Waals surface area (Å²) in [6, 6.07) is 5.87. The first-order valence-electron chi connectivity index (χ1n) is 7.50. The molecule has 2 rings (SSSR count). The average molecular weight is 275 g/mol. The zero-order valence-corrected chi connectivity index (χ0v) is 12.5. The van der Waals surface area contributed by atoms with Crippen molar-refractivity contribution in [3.63, 3.8) is 0 Å². The highest BCUT2D eigenvalue weighted by atomic mass is 16.1. The fraction of sp³-hybridized carbons (Fsp3) is 0.562. The molecule has 1 fully saturated rings. The number of hydrogen-bond donors (Lipinski definition) is 2. The maximum Gasteiger partial charge on any atom is 0.253 e. The number of nitrogens with zero attached hydrogens (tertiary/aromatic N) is 1. The Bertz CT molecular complexity index is 465. The van der Waals surface area contributed by atoms with Gasteiger partial charge in [-0.2, -0.15) is 0 Å². The van der Waals surface area contributed by atoms with Crippen LogP contribution in [-0.2, 0) is 0 Å². The van der Waals surface area contributed by atoms with Crippen molar-refractivity contribution in [1.82, 2.24) is 10.2 Å². The van der Waals surface area contributed by atoms with E-state index in [1.54, 1.807) is 6.07 Å². The summed E-state index contributed by atoms with van der Waals surface area (Å²) in [6.07, 6.45) is 3.24. The number of amides is 1. The Labute approximate surface area is 121 Å². The smallest absolute Gasteiger partial charge is 0.253 e. The van der Waals surface area contributed by atoms with Gasteiger partial charge in [-0.05, 0) is 44.4 Å². The molecule has 0 spiro atoms. The summed E-state index contributed by atoms with van der Waals surface area (Å²) in [4.78, 5) is 14.8. The maximum atomic E-state index is 12.3. The summed E-state index contributed by atoms with van der Waals surface area (Å²) in [5.74, 6) is -0.0415. The first kappa shape index (κ1) is 14.9. The van der Waals surface area contributed by atoms with E-state index in [-0.39, 0.29) is 11.9 Å². The lowest BCUT2D eigenvalue weighted by Gasteiger charge is -2.32. The molecule has 1 aromatic carbocycles. The zero-order valence-electron chi connectivity index (χ0n) is 12.5. The van der Waals surface area contributed by atoms with E-state index in [0.717, 1.165) is 38.0 Å². The number of benzene rings is 1. The van der Waals surface area contributed by atoms with Crippen molar-refractivity contribution in [2.75, 3.05) is 25.4 Å². The summed E-state index contributed by atoms with van der Waals surface area (Å²) in [6.45, 7) is 7.43. The summed E-state index contributed by atoms with van der Waals surface area (Å²) >= 11 is 0. The van der Waals surface area contributed by atoms with Crippen LogP contribution in [0.4, 0.5) is 5.69 Å². The van der Waals surface area contributed by atoms with Crippen molar-refractivity contribution in [3.8, 4) is 0 Å². The molecule has 0 atom stereocenters. The van der Waals surface area contributed by atoms with E-state index in [2.05, 4.69) is 17.1 Å². The molecule has 0 aliphatic carbocycles. The second-order valence-electron chi connectivity index (χ2n) is 5.63. The minimum absolute atomic E-state index is 0.0415. The predicted molar refractivity (Wildman–Crippen MR) is 82.8 cm³/mol. The van der Waals surface area contributed by atoms with Crippen molar-refractivity contribution in [2.45, 2.75) is 39.2 Å². The fourth-order valence-corrected chi connectivity index (χ4v) is 2.76. The van der Waals surface area contributed by atoms with E-state index in [4.69, 9.17) is 5.73 Å². The summed E-state index contributed by atoms with van der Waals surface area (Å²) in [5.41, 5.74) is 8.12. The van der Waals surface area contributed by atoms with E-state index in [9.17, 15) is 4.79 Å². The molecule has 4 heteroatoms. The molecule has 1 aliphatic rings. The van der Waals surface area contributed by atoms with Gasteiger partial charge in [0.15, 0.2) is 0 Å². The van der Waals surface area contributed by atoms with Crippen LogP contribution >= 0.6 is 0 Å². The number of aryl methyl sites for hydroxylation is 1. The largest absolute Gasteiger partial charge is 0.398 e. The number of anilines is 1. The monoisotopic (exact) mass is 275 g/mol. The quantitative estimate of drug-likeness (QED) is 0.828. The number of carbonyl (C=O) groups excluding carboxylic acids is 1. The highest BCUT2D eigenvalue weighted by Crippen LogP contribution is 2.17. The molecule has 0 unspecified atom stereocenters. The van der Waals surface area contributed by atoms with Crippen molar-refractivity contribution >= 4 is 11.6 Å². The van der Waals surface area contributed by atoms with Crippen LogP contribution in [0.3, 0.4) is 0 Å². The lowest BCUT2D eigenvalue weighted by atomic mass is 10.0. The van der Waals surface area contributed by atoms with E-state index in [1.165, 1.54) is 6.42 Å². The highest BCUT2D eigenvalue weighted by molar-refractivity contribution is 5.99. The molecule has 1 aromatic rings. The molecule has 20 heavy (non-hydrogen) atoms. The number of likely N-dealkylation sites (tertiary alicyclic amines) is 1. The van der Waals surface area contributed by atoms with Gasteiger partial charge >= 0.3 is 0 Å². The number of piperidine rings is 1. The van der Waals surface area contributed by atoms with Crippen molar-refractivity contribution in [1.29, 1.82) is 0 Å². The molecule has 0 aromatic heterocycles. The van der Waals surface area contributed by atoms with Gasteiger partial charge in [0.25, 0.3) is 5.91 Å². The molecule has 1 saturated heterocycles. The van der Waals surface area contributed by atoms with Crippen LogP contribution in [0.5, 0.6) is 0 Å². The van der Waals surface area contributed by atoms with Crippen LogP contribution in [0.2, 0.25) is 0 Å². The van der Waals surface area contributed by atoms with Crippen LogP contribution in [-0.4, -0.2) is 36.5 Å². The highest BCUT2D eigenvalue weighted by Gasteiger charge is 2.21. The molecule has 110 valence electrons. The Hall–Kier alpha value is -1.55. The number of hydrogen-bond acceptors (Lipinski definition) is 3. The third-order valence-corrected chi connectivity index (χ3v) is 4.03. The maximum absolute atomic E-state index is 12.3. The molecule has 1 aliphatic heterocycles. The van der Waals surface area contributed by atoms with Crippen molar-refractivity contribution < 1.29 is 4.79 Å². The van der Waals surface area contributed by atoms with Gasteiger partial charge in [-0.1, -0.05) is 19.1 Å². The molecule has 1 amide bonds. The van der Waals surface area contributed by atoms with Gasteiger partial charge in [0.05, 0.1) is 5.56 Å². The predicted octanol–water partition coefficient (Wildman–Crippen LogP) is 2.18. The third-order valence-electron chi connectivity index (χ3n) is 4.03. The normalized spacial score (nSPS) is 17.1. The molecule has 4 nitrogen and oxygen atoms in total. The van der Waals surface area contributed by atoms with E-state index in [1.807, 2.05) is 19.1 Å². The fourth-order valence-electron chi connectivity index (χ4n) is 2.76. The van der Waals surface area contributed by atoms with Crippen LogP contribution < -0.4 is 11.1 Å². The lowest BCUT2D eigenvalue weighted by molar-refractivity contribution is 0.0912. The number of nitrogen functional groups attached to an aromatic ring is 1. The van der Waals surface area contributed by atoms with Gasteiger partial charge in [-0.3, -0.25) is 4.79 Å². The lowest BCUT2D eigenvalue weighted by Crippen LogP contribution is -2.44. The first-order chi connectivity index (χ1) is 9.61. The Morgan fingerprint density at radius 2 is 2.10 bits per heavy atom. The van der Waals surface area contributed by atoms with Gasteiger partial charge in [0, 0.05) is 24.8 Å². The van der Waals surface area contributed by atoms with Gasteiger partial charge < -0.3 is 16.0 Å². The second-order valence-corrected chi connectivity index (χ2v) is 5.63. The van der Waals surface area contributed by atoms with Crippen LogP contribution in [0.15, 0.2) is 18.2 Å². The topological polar surface area (TPSA) is 58.4 Å². The minimum Gasteiger partial charge on any atom is -0.398 e. The van der Waals surface area contributed by atoms with Crippen molar-refractivity contribution in [3.05, 3.63) is 29.3 Å². The summed E-state index contributed by atoms with van der Waals surface area (Å²) in [5, 5.41) is 3.12. The van der Waals surface area contributed by atoms with Crippen molar-refractivity contribution in [2.24, 2.45) is 0 Å². The molecular formula is C16H25N3O. The second kappa shape index (κ2) is 6.75. The van der Waals surface area contributed by atoms with Gasteiger partial charge in [0.2, 0.25) is 0 Å². The molecule has 0 radical (unpaired) electrons. The number of nitrogens with one attached hydrogen (secondary N) is 1. The zero-order chi connectivity index (χ0) is 14.5. The molecule has 1 heterocycles. The summed E-state index contributed by atoms with van der Waals surface area (Å²) in [7, 11) is 0. The van der Waals surface area contributed by atoms with Crippen LogP contribution in [0, 0.1) is 6.92 Å². The van der Waals surface area contributed by atoms with E-state index < -0.39 is 0 Å². The standard InChI is InChI=1S/C16H25N3O/c1-3-9-19-10-7-13(8-11-19)18-16(20)14-6-4-5-12(2)15(14)17/h4-6,13H,3,7-11,17H2,1-2H3,(H,18,20). The first-order valence-corrected chi connectivity index (χ1v) is 7.50.